The molecule has 0 bridgehead atoms. The summed E-state index contributed by atoms with van der Waals surface area (Å²) in [5.41, 5.74) is 9.32. The van der Waals surface area contributed by atoms with Crippen molar-refractivity contribution in [3.8, 4) is 28.3 Å². The largest absolute Gasteiger partial charge is 0.458 e. The van der Waals surface area contributed by atoms with Crippen LogP contribution in [0.5, 0.6) is 11.5 Å². The number of hydrogen-bond acceptors (Lipinski definition) is 3. The van der Waals surface area contributed by atoms with Gasteiger partial charge in [0.05, 0.1) is 16.7 Å². The fourth-order valence-corrected chi connectivity index (χ4v) is 17.6. The van der Waals surface area contributed by atoms with Gasteiger partial charge in [0.2, 0.25) is 0 Å². The van der Waals surface area contributed by atoms with E-state index in [1.165, 1.54) is 74.2 Å². The lowest BCUT2D eigenvalue weighted by Gasteiger charge is -2.43. The van der Waals surface area contributed by atoms with Crippen LogP contribution in [0, 0.1) is 0 Å². The van der Waals surface area contributed by atoms with Gasteiger partial charge in [-0.05, 0) is 116 Å². The van der Waals surface area contributed by atoms with Crippen LogP contribution >= 0.6 is 11.8 Å². The molecule has 0 fully saturated rings. The number of rotatable bonds is 5. The predicted octanol–water partition coefficient (Wildman–Crippen LogP) is 13.0. The van der Waals surface area contributed by atoms with E-state index in [1.54, 1.807) is 0 Å². The molecule has 2 aliphatic heterocycles. The van der Waals surface area contributed by atoms with Gasteiger partial charge in [0.25, 0.3) is 0 Å². The smallest absolute Gasteiger partial charge is 0.190 e. The van der Waals surface area contributed by atoms with Crippen molar-refractivity contribution in [2.45, 2.75) is 9.79 Å². The predicted molar refractivity (Wildman–Crippen MR) is 266 cm³/mol. The van der Waals surface area contributed by atoms with Gasteiger partial charge in [0, 0.05) is 43.0 Å². The van der Waals surface area contributed by atoms with Crippen LogP contribution in [0.3, 0.4) is 0 Å². The molecule has 3 heterocycles. The van der Waals surface area contributed by atoms with Crippen molar-refractivity contribution in [2.24, 2.45) is 0 Å². The van der Waals surface area contributed by atoms with Crippen LogP contribution < -0.4 is 30.4 Å². The third-order valence-corrected chi connectivity index (χ3v) is 19.5. The SMILES string of the molecule is c1ccc(-n2c3ccccc3c3c(-c4ccc(N(c5ccc6c(c5)[Si]5(c7ccccc7Oc7ccccc75)c5ccccc5S6)c5cccc6ccccc56)cc4)cccc32)cc1. The minimum atomic E-state index is -2.88. The molecule has 0 saturated heterocycles. The third kappa shape index (κ3) is 5.40. The van der Waals surface area contributed by atoms with Crippen LogP contribution in [0.15, 0.2) is 240 Å². The summed E-state index contributed by atoms with van der Waals surface area (Å²) >= 11 is 1.89. The van der Waals surface area contributed by atoms with Gasteiger partial charge in [0.15, 0.2) is 8.07 Å². The fourth-order valence-electron chi connectivity index (χ4n) is 10.5. The maximum absolute atomic E-state index is 6.74. The van der Waals surface area contributed by atoms with E-state index in [0.29, 0.717) is 0 Å². The van der Waals surface area contributed by atoms with E-state index in [9.17, 15) is 0 Å². The Labute approximate surface area is 371 Å². The summed E-state index contributed by atoms with van der Waals surface area (Å²) < 4.78 is 9.13. The van der Waals surface area contributed by atoms with Crippen LogP contribution in [0.2, 0.25) is 0 Å². The van der Waals surface area contributed by atoms with Crippen LogP contribution in [-0.4, -0.2) is 12.6 Å². The van der Waals surface area contributed by atoms with Gasteiger partial charge in [0.1, 0.15) is 11.5 Å². The highest BCUT2D eigenvalue weighted by Gasteiger charge is 2.52. The van der Waals surface area contributed by atoms with Gasteiger partial charge in [-0.2, -0.15) is 0 Å². The molecule has 0 radical (unpaired) electrons. The number of anilines is 3. The molecule has 0 atom stereocenters. The molecule has 296 valence electrons. The highest BCUT2D eigenvalue weighted by atomic mass is 32.2. The maximum atomic E-state index is 6.74. The average Bonchev–Trinajstić information content (AvgIpc) is 3.69. The van der Waals surface area contributed by atoms with Crippen LogP contribution in [-0.2, 0) is 0 Å². The number of hydrogen-bond donors (Lipinski definition) is 0. The monoisotopic (exact) mass is 838 g/mol. The molecule has 0 N–H and O–H groups in total. The molecular weight excluding hydrogens is 801 g/mol. The molecule has 0 amide bonds. The molecule has 11 aromatic rings. The second-order valence-electron chi connectivity index (χ2n) is 16.4. The molecule has 13 rings (SSSR count). The van der Waals surface area contributed by atoms with E-state index < -0.39 is 8.07 Å². The molecule has 5 heteroatoms. The van der Waals surface area contributed by atoms with Crippen molar-refractivity contribution in [1.29, 1.82) is 0 Å². The first-order valence-corrected chi connectivity index (χ1v) is 24.3. The number of aromatic nitrogens is 1. The van der Waals surface area contributed by atoms with Crippen LogP contribution in [0.25, 0.3) is 49.4 Å². The Hall–Kier alpha value is -7.57. The van der Waals surface area contributed by atoms with E-state index in [-0.39, 0.29) is 0 Å². The zero-order chi connectivity index (χ0) is 41.5. The van der Waals surface area contributed by atoms with Gasteiger partial charge >= 0.3 is 0 Å². The van der Waals surface area contributed by atoms with Crippen molar-refractivity contribution in [2.75, 3.05) is 4.90 Å². The first-order valence-electron chi connectivity index (χ1n) is 21.5. The lowest BCUT2D eigenvalue weighted by Crippen LogP contribution is -2.77. The molecule has 0 unspecified atom stereocenters. The van der Waals surface area contributed by atoms with E-state index in [2.05, 4.69) is 240 Å². The lowest BCUT2D eigenvalue weighted by molar-refractivity contribution is 0.487. The number of fused-ring (bicyclic) bond motifs is 12. The van der Waals surface area contributed by atoms with E-state index in [4.69, 9.17) is 4.74 Å². The lowest BCUT2D eigenvalue weighted by atomic mass is 9.99. The van der Waals surface area contributed by atoms with Gasteiger partial charge in [-0.1, -0.05) is 163 Å². The van der Waals surface area contributed by atoms with Gasteiger partial charge in [-0.15, -0.1) is 0 Å². The first kappa shape index (κ1) is 36.1. The summed E-state index contributed by atoms with van der Waals surface area (Å²) in [5, 5.41) is 10.3. The van der Waals surface area contributed by atoms with Gasteiger partial charge in [-0.3, -0.25) is 0 Å². The average molecular weight is 839 g/mol. The highest BCUT2D eigenvalue weighted by Crippen LogP contribution is 2.44. The maximum Gasteiger partial charge on any atom is 0.190 e. The molecule has 2 aliphatic rings. The van der Waals surface area contributed by atoms with E-state index >= 15 is 0 Å². The van der Waals surface area contributed by atoms with Crippen LogP contribution in [0.1, 0.15) is 0 Å². The number of nitrogens with zero attached hydrogens (tertiary/aromatic N) is 2. The molecular formula is C58H38N2OSSi. The number of benzene rings is 10. The Morgan fingerprint density at radius 1 is 0.429 bits per heavy atom. The Bertz CT molecular complexity index is 3490. The summed E-state index contributed by atoms with van der Waals surface area (Å²) in [7, 11) is -2.88. The Balaban J connectivity index is 1.03. The zero-order valence-corrected chi connectivity index (χ0v) is 36.0. The summed E-state index contributed by atoms with van der Waals surface area (Å²) in [6.07, 6.45) is 0. The Morgan fingerprint density at radius 2 is 1.03 bits per heavy atom. The summed E-state index contributed by atoms with van der Waals surface area (Å²) in [4.78, 5) is 5.09. The highest BCUT2D eigenvalue weighted by molar-refractivity contribution is 8.00. The summed E-state index contributed by atoms with van der Waals surface area (Å²) in [5.74, 6) is 1.90. The van der Waals surface area contributed by atoms with E-state index in [0.717, 1.165) is 34.2 Å². The van der Waals surface area contributed by atoms with Gasteiger partial charge in [-0.25, -0.2) is 0 Å². The Morgan fingerprint density at radius 3 is 1.84 bits per heavy atom. The van der Waals surface area contributed by atoms with Crippen molar-refractivity contribution >= 4 is 90.2 Å². The second-order valence-corrected chi connectivity index (χ2v) is 21.1. The zero-order valence-electron chi connectivity index (χ0n) is 34.2. The molecule has 0 saturated carbocycles. The van der Waals surface area contributed by atoms with Gasteiger partial charge < -0.3 is 14.2 Å². The molecule has 3 nitrogen and oxygen atoms in total. The second kappa shape index (κ2) is 14.2. The topological polar surface area (TPSA) is 17.4 Å². The molecule has 10 aromatic carbocycles. The summed E-state index contributed by atoms with van der Waals surface area (Å²) in [6, 6.07) is 84.6. The van der Waals surface area contributed by atoms with Crippen molar-refractivity contribution in [1.82, 2.24) is 4.57 Å². The quantitative estimate of drug-likeness (QED) is 0.161. The van der Waals surface area contributed by atoms with E-state index in [1.807, 2.05) is 11.8 Å². The minimum Gasteiger partial charge on any atom is -0.458 e. The van der Waals surface area contributed by atoms with Crippen molar-refractivity contribution < 1.29 is 4.74 Å². The molecule has 1 spiro atoms. The van der Waals surface area contributed by atoms with Crippen LogP contribution in [0.4, 0.5) is 17.1 Å². The van der Waals surface area contributed by atoms with Crippen molar-refractivity contribution in [3.63, 3.8) is 0 Å². The molecule has 63 heavy (non-hydrogen) atoms. The summed E-state index contributed by atoms with van der Waals surface area (Å²) in [6.45, 7) is 0. The standard InChI is InChI=1S/C58H38N2OSSi/c1-2-18-41(19-3-1)60-48-23-7-6-21-46(48)58-45(22-15-25-49(58)60)40-32-34-42(35-33-40)59(47-24-14-17-39-16-4-5-20-44(39)47)43-36-37-53-57(38-43)63(56-31-13-10-28-52(56)62-53)54-29-11-8-26-50(54)61-51-27-9-12-30-55(51)63/h1-38H. The molecule has 1 aromatic heterocycles. The molecule has 0 aliphatic carbocycles. The number of para-hydroxylation sites is 4. The first-order chi connectivity index (χ1) is 31.3. The fraction of sp³-hybridized carbons (Fsp3) is 0. The normalized spacial score (nSPS) is 13.3. The third-order valence-electron chi connectivity index (χ3n) is 13.1. The Kier molecular flexibility index (Phi) is 8.17. The number of ether oxygens (including phenoxy) is 1. The minimum absolute atomic E-state index is 0.948. The van der Waals surface area contributed by atoms with Crippen molar-refractivity contribution in [3.05, 3.63) is 231 Å².